The van der Waals surface area contributed by atoms with Crippen LogP contribution in [0.5, 0.6) is 0 Å². The molecule has 0 radical (unpaired) electrons. The minimum atomic E-state index is -0.505. The molecule has 110 valence electrons. The molecule has 4 N–H and O–H groups in total. The van der Waals surface area contributed by atoms with Gasteiger partial charge in [-0.05, 0) is 36.6 Å². The number of hydrogen-bond acceptors (Lipinski definition) is 3. The first kappa shape index (κ1) is 16.2. The molecule has 2 amide bonds. The average molecular weight is 277 g/mol. The third-order valence-corrected chi connectivity index (χ3v) is 2.82. The van der Waals surface area contributed by atoms with E-state index in [4.69, 9.17) is 5.73 Å². The Hall–Kier alpha value is -1.88. The van der Waals surface area contributed by atoms with E-state index in [-0.39, 0.29) is 11.8 Å². The highest BCUT2D eigenvalue weighted by molar-refractivity contribution is 5.95. The van der Waals surface area contributed by atoms with E-state index in [1.807, 2.05) is 13.8 Å². The normalized spacial score (nSPS) is 12.1. The molecule has 5 nitrogen and oxygen atoms in total. The molecule has 1 rings (SSSR count). The lowest BCUT2D eigenvalue weighted by Crippen LogP contribution is -2.36. The third-order valence-electron chi connectivity index (χ3n) is 2.82. The Bertz CT molecular complexity index is 455. The molecule has 0 aliphatic heterocycles. The molecule has 0 saturated heterocycles. The summed E-state index contributed by atoms with van der Waals surface area (Å²) >= 11 is 0. The van der Waals surface area contributed by atoms with Crippen LogP contribution in [0, 0.1) is 5.92 Å². The molecule has 1 aromatic rings. The van der Waals surface area contributed by atoms with Crippen LogP contribution in [-0.4, -0.2) is 17.9 Å². The second kappa shape index (κ2) is 7.65. The molecule has 0 aromatic heterocycles. The maximum absolute atomic E-state index is 11.9. The molecule has 0 bridgehead atoms. The maximum Gasteiger partial charge on any atom is 0.241 e. The maximum atomic E-state index is 11.9. The number of nitrogens with one attached hydrogen (secondary N) is 2. The zero-order chi connectivity index (χ0) is 15.1. The van der Waals surface area contributed by atoms with Gasteiger partial charge in [-0.25, -0.2) is 0 Å². The van der Waals surface area contributed by atoms with Crippen molar-refractivity contribution >= 4 is 23.2 Å². The van der Waals surface area contributed by atoms with Gasteiger partial charge in [-0.3, -0.25) is 9.59 Å². The Morgan fingerprint density at radius 1 is 1.10 bits per heavy atom. The monoisotopic (exact) mass is 277 g/mol. The topological polar surface area (TPSA) is 84.2 Å². The lowest BCUT2D eigenvalue weighted by Gasteiger charge is -2.14. The number of benzene rings is 1. The highest BCUT2D eigenvalue weighted by Gasteiger charge is 2.14. The summed E-state index contributed by atoms with van der Waals surface area (Å²) < 4.78 is 0. The van der Waals surface area contributed by atoms with Crippen molar-refractivity contribution in [3.63, 3.8) is 0 Å². The molecule has 1 atom stereocenters. The van der Waals surface area contributed by atoms with Crippen molar-refractivity contribution in [1.82, 2.24) is 0 Å². The zero-order valence-corrected chi connectivity index (χ0v) is 12.3. The fourth-order valence-corrected chi connectivity index (χ4v) is 1.74. The third kappa shape index (κ3) is 5.40. The predicted molar refractivity (Wildman–Crippen MR) is 81.4 cm³/mol. The molecule has 5 heteroatoms. The first-order valence-electron chi connectivity index (χ1n) is 6.88. The number of anilines is 2. The van der Waals surface area contributed by atoms with Crippen molar-refractivity contribution < 1.29 is 9.59 Å². The Morgan fingerprint density at radius 2 is 1.60 bits per heavy atom. The fourth-order valence-electron chi connectivity index (χ4n) is 1.74. The van der Waals surface area contributed by atoms with Gasteiger partial charge in [-0.2, -0.15) is 0 Å². The molecule has 0 saturated carbocycles. The van der Waals surface area contributed by atoms with Crippen LogP contribution in [0.25, 0.3) is 0 Å². The summed E-state index contributed by atoms with van der Waals surface area (Å²) in [7, 11) is 0. The molecular weight excluding hydrogens is 254 g/mol. The Kier molecular flexibility index (Phi) is 6.18. The van der Waals surface area contributed by atoms with Gasteiger partial charge < -0.3 is 16.4 Å². The van der Waals surface area contributed by atoms with E-state index in [0.29, 0.717) is 30.1 Å². The summed E-state index contributed by atoms with van der Waals surface area (Å²) in [5.41, 5.74) is 7.19. The molecule has 0 aliphatic carbocycles. The van der Waals surface area contributed by atoms with Gasteiger partial charge in [0.25, 0.3) is 0 Å². The molecule has 0 aliphatic rings. The van der Waals surface area contributed by atoms with Gasteiger partial charge in [-0.1, -0.05) is 20.8 Å². The molecule has 0 spiro atoms. The van der Waals surface area contributed by atoms with E-state index < -0.39 is 6.04 Å². The number of carbonyl (C=O) groups excluding carboxylic acids is 2. The van der Waals surface area contributed by atoms with Crippen molar-refractivity contribution in [2.75, 3.05) is 10.6 Å². The van der Waals surface area contributed by atoms with Crippen molar-refractivity contribution in [2.45, 2.75) is 39.7 Å². The number of nitrogens with two attached hydrogens (primary N) is 1. The number of hydrogen-bond donors (Lipinski definition) is 3. The van der Waals surface area contributed by atoms with Crippen LogP contribution in [0.2, 0.25) is 0 Å². The van der Waals surface area contributed by atoms with Crippen LogP contribution >= 0.6 is 0 Å². The smallest absolute Gasteiger partial charge is 0.241 e. The van der Waals surface area contributed by atoms with E-state index in [0.717, 1.165) is 0 Å². The Morgan fingerprint density at radius 3 is 2.05 bits per heavy atom. The Balaban J connectivity index is 2.56. The second-order valence-corrected chi connectivity index (χ2v) is 5.20. The average Bonchev–Trinajstić information content (AvgIpc) is 2.40. The van der Waals surface area contributed by atoms with Crippen molar-refractivity contribution in [3.05, 3.63) is 24.3 Å². The number of rotatable bonds is 6. The van der Waals surface area contributed by atoms with E-state index in [1.54, 1.807) is 31.2 Å². The van der Waals surface area contributed by atoms with Gasteiger partial charge >= 0.3 is 0 Å². The molecule has 0 heterocycles. The summed E-state index contributed by atoms with van der Waals surface area (Å²) in [6.07, 6.45) is 1.08. The highest BCUT2D eigenvalue weighted by atomic mass is 16.2. The van der Waals surface area contributed by atoms with Gasteiger partial charge in [0.2, 0.25) is 11.8 Å². The van der Waals surface area contributed by atoms with Crippen LogP contribution in [0.1, 0.15) is 33.6 Å². The van der Waals surface area contributed by atoms with Crippen LogP contribution < -0.4 is 16.4 Å². The summed E-state index contributed by atoms with van der Waals surface area (Å²) in [6, 6.07) is 6.47. The first-order valence-corrected chi connectivity index (χ1v) is 6.88. The quantitative estimate of drug-likeness (QED) is 0.746. The van der Waals surface area contributed by atoms with E-state index in [9.17, 15) is 9.59 Å². The standard InChI is InChI=1S/C15H23N3O2/c1-4-14(19)17-11-5-7-12(8-6-11)18-15(20)13(16)9-10(2)3/h5-8,10,13H,4,9,16H2,1-3H3,(H,17,19)(H,18,20)/t13-/m0/s1. The van der Waals surface area contributed by atoms with Gasteiger partial charge in [0.1, 0.15) is 0 Å². The molecule has 0 unspecified atom stereocenters. The van der Waals surface area contributed by atoms with Gasteiger partial charge in [-0.15, -0.1) is 0 Å². The van der Waals surface area contributed by atoms with Crippen molar-refractivity contribution in [2.24, 2.45) is 11.7 Å². The summed E-state index contributed by atoms with van der Waals surface area (Å²) in [5, 5.41) is 5.51. The van der Waals surface area contributed by atoms with Crippen molar-refractivity contribution in [3.8, 4) is 0 Å². The molecule has 0 fully saturated rings. The lowest BCUT2D eigenvalue weighted by atomic mass is 10.0. The first-order chi connectivity index (χ1) is 9.42. The van der Waals surface area contributed by atoms with Crippen LogP contribution in [0.4, 0.5) is 11.4 Å². The molecule has 1 aromatic carbocycles. The van der Waals surface area contributed by atoms with E-state index in [2.05, 4.69) is 10.6 Å². The predicted octanol–water partition coefficient (Wildman–Crippen LogP) is 2.35. The van der Waals surface area contributed by atoms with Crippen molar-refractivity contribution in [1.29, 1.82) is 0 Å². The number of carbonyl (C=O) groups is 2. The van der Waals surface area contributed by atoms with Gasteiger partial charge in [0.15, 0.2) is 0 Å². The van der Waals surface area contributed by atoms with E-state index in [1.165, 1.54) is 0 Å². The second-order valence-electron chi connectivity index (χ2n) is 5.20. The van der Waals surface area contributed by atoms with Gasteiger partial charge in [0.05, 0.1) is 6.04 Å². The molecule has 20 heavy (non-hydrogen) atoms. The summed E-state index contributed by atoms with van der Waals surface area (Å²) in [6.45, 7) is 5.84. The van der Waals surface area contributed by atoms with Gasteiger partial charge in [0, 0.05) is 17.8 Å². The van der Waals surface area contributed by atoms with Crippen LogP contribution in [0.3, 0.4) is 0 Å². The Labute approximate surface area is 119 Å². The van der Waals surface area contributed by atoms with Crippen LogP contribution in [-0.2, 0) is 9.59 Å². The fraction of sp³-hybridized carbons (Fsp3) is 0.467. The number of amides is 2. The molecular formula is C15H23N3O2. The zero-order valence-electron chi connectivity index (χ0n) is 12.3. The SMILES string of the molecule is CCC(=O)Nc1ccc(NC(=O)[C@@H](N)CC(C)C)cc1. The van der Waals surface area contributed by atoms with E-state index >= 15 is 0 Å². The lowest BCUT2D eigenvalue weighted by molar-refractivity contribution is -0.118. The summed E-state index contributed by atoms with van der Waals surface area (Å²) in [4.78, 5) is 23.1. The summed E-state index contributed by atoms with van der Waals surface area (Å²) in [5.74, 6) is 0.146. The largest absolute Gasteiger partial charge is 0.326 e. The van der Waals surface area contributed by atoms with Crippen LogP contribution in [0.15, 0.2) is 24.3 Å². The minimum Gasteiger partial charge on any atom is -0.326 e. The highest BCUT2D eigenvalue weighted by Crippen LogP contribution is 2.14. The minimum absolute atomic E-state index is 0.0410.